The first-order valence-corrected chi connectivity index (χ1v) is 7.46. The maximum absolute atomic E-state index is 4.43. The number of aromatic nitrogens is 4. The van der Waals surface area contributed by atoms with Gasteiger partial charge in [-0.1, -0.05) is 36.4 Å². The number of hydrogen-bond donors (Lipinski definition) is 2. The highest BCUT2D eigenvalue weighted by Gasteiger charge is 2.07. The van der Waals surface area contributed by atoms with E-state index < -0.39 is 0 Å². The first-order valence-electron chi connectivity index (χ1n) is 7.46. The maximum atomic E-state index is 4.43. The number of hydrogen-bond acceptors (Lipinski definition) is 6. The van der Waals surface area contributed by atoms with Gasteiger partial charge in [-0.3, -0.25) is 4.98 Å². The molecule has 1 unspecified atom stereocenters. The normalized spacial score (nSPS) is 11.7. The molecule has 23 heavy (non-hydrogen) atoms. The van der Waals surface area contributed by atoms with Gasteiger partial charge in [0.15, 0.2) is 5.82 Å². The van der Waals surface area contributed by atoms with Gasteiger partial charge in [-0.15, -0.1) is 5.10 Å². The third-order valence-corrected chi connectivity index (χ3v) is 3.38. The predicted octanol–water partition coefficient (Wildman–Crippen LogP) is 3.05. The monoisotopic (exact) mass is 306 g/mol. The van der Waals surface area contributed by atoms with Crippen LogP contribution >= 0.6 is 0 Å². The van der Waals surface area contributed by atoms with E-state index in [0.717, 1.165) is 5.69 Å². The molecule has 0 aliphatic rings. The lowest BCUT2D eigenvalue weighted by Crippen LogP contribution is -2.11. The van der Waals surface area contributed by atoms with Crippen LogP contribution < -0.4 is 10.6 Å². The second-order valence-electron chi connectivity index (χ2n) is 5.12. The zero-order valence-corrected chi connectivity index (χ0v) is 12.8. The summed E-state index contributed by atoms with van der Waals surface area (Å²) in [6, 6.07) is 16.1. The van der Waals surface area contributed by atoms with Gasteiger partial charge in [0.25, 0.3) is 0 Å². The third-order valence-electron chi connectivity index (χ3n) is 3.38. The van der Waals surface area contributed by atoms with Crippen molar-refractivity contribution in [2.45, 2.75) is 19.5 Å². The van der Waals surface area contributed by atoms with Gasteiger partial charge in [-0.05, 0) is 24.6 Å². The molecule has 1 atom stereocenters. The van der Waals surface area contributed by atoms with Crippen LogP contribution in [-0.2, 0) is 6.54 Å². The molecule has 2 N–H and O–H groups in total. The maximum Gasteiger partial charge on any atom is 0.245 e. The summed E-state index contributed by atoms with van der Waals surface area (Å²) in [6.45, 7) is 2.64. The van der Waals surface area contributed by atoms with Crippen molar-refractivity contribution >= 4 is 11.8 Å². The zero-order chi connectivity index (χ0) is 15.9. The van der Waals surface area contributed by atoms with Crippen molar-refractivity contribution in [1.29, 1.82) is 0 Å². The second-order valence-corrected chi connectivity index (χ2v) is 5.12. The third kappa shape index (κ3) is 4.23. The molecule has 0 saturated carbocycles. The van der Waals surface area contributed by atoms with Gasteiger partial charge in [0, 0.05) is 12.2 Å². The molecule has 6 nitrogen and oxygen atoms in total. The summed E-state index contributed by atoms with van der Waals surface area (Å²) < 4.78 is 0. The van der Waals surface area contributed by atoms with Gasteiger partial charge in [-0.2, -0.15) is 10.1 Å². The van der Waals surface area contributed by atoms with Gasteiger partial charge >= 0.3 is 0 Å². The summed E-state index contributed by atoms with van der Waals surface area (Å²) in [4.78, 5) is 8.68. The minimum absolute atomic E-state index is 0.136. The fourth-order valence-corrected chi connectivity index (χ4v) is 2.17. The Hall–Kier alpha value is -3.02. The molecule has 3 aromatic rings. The van der Waals surface area contributed by atoms with E-state index in [1.807, 2.05) is 36.4 Å². The Bertz CT molecular complexity index is 732. The van der Waals surface area contributed by atoms with E-state index in [4.69, 9.17) is 0 Å². The van der Waals surface area contributed by atoms with Crippen molar-refractivity contribution in [3.8, 4) is 0 Å². The summed E-state index contributed by atoms with van der Waals surface area (Å²) >= 11 is 0. The van der Waals surface area contributed by atoms with Crippen molar-refractivity contribution in [2.24, 2.45) is 0 Å². The molecule has 6 heteroatoms. The molecule has 2 aromatic heterocycles. The predicted molar refractivity (Wildman–Crippen MR) is 89.9 cm³/mol. The van der Waals surface area contributed by atoms with Gasteiger partial charge in [0.05, 0.1) is 18.4 Å². The van der Waals surface area contributed by atoms with Crippen LogP contribution in [0.2, 0.25) is 0 Å². The van der Waals surface area contributed by atoms with Gasteiger partial charge < -0.3 is 10.6 Å². The Kier molecular flexibility index (Phi) is 4.73. The van der Waals surface area contributed by atoms with Crippen LogP contribution in [0.5, 0.6) is 0 Å². The van der Waals surface area contributed by atoms with Crippen LogP contribution in [0.1, 0.15) is 24.2 Å². The zero-order valence-electron chi connectivity index (χ0n) is 12.8. The molecule has 116 valence electrons. The fraction of sp³-hybridized carbons (Fsp3) is 0.176. The lowest BCUT2D eigenvalue weighted by atomic mass is 10.1. The minimum Gasteiger partial charge on any atom is -0.362 e. The standard InChI is InChI=1S/C17H18N6/c1-13(14-7-3-2-4-8-14)21-16-12-20-23-17(22-16)19-11-15-9-5-6-10-18-15/h2-10,12-13H,11H2,1H3,(H2,19,21,22,23). The van der Waals surface area contributed by atoms with Crippen molar-refractivity contribution < 1.29 is 0 Å². The van der Waals surface area contributed by atoms with Crippen LogP contribution in [-0.4, -0.2) is 20.2 Å². The van der Waals surface area contributed by atoms with Crippen molar-refractivity contribution in [2.75, 3.05) is 10.6 Å². The average molecular weight is 306 g/mol. The number of rotatable bonds is 6. The van der Waals surface area contributed by atoms with Gasteiger partial charge in [0.2, 0.25) is 5.95 Å². The lowest BCUT2D eigenvalue weighted by Gasteiger charge is -2.14. The van der Waals surface area contributed by atoms with Crippen LogP contribution in [0.3, 0.4) is 0 Å². The fourth-order valence-electron chi connectivity index (χ4n) is 2.17. The molecule has 0 bridgehead atoms. The Labute approximate surface area is 135 Å². The molecule has 0 fully saturated rings. The minimum atomic E-state index is 0.136. The highest BCUT2D eigenvalue weighted by Crippen LogP contribution is 2.17. The van der Waals surface area contributed by atoms with E-state index in [-0.39, 0.29) is 6.04 Å². The van der Waals surface area contributed by atoms with E-state index in [9.17, 15) is 0 Å². The molecule has 0 aliphatic heterocycles. The molecule has 1 aromatic carbocycles. The molecule has 0 radical (unpaired) electrons. The van der Waals surface area contributed by atoms with E-state index in [1.165, 1.54) is 5.56 Å². The molecular formula is C17H18N6. The summed E-state index contributed by atoms with van der Waals surface area (Å²) in [5.41, 5.74) is 2.11. The number of anilines is 2. The highest BCUT2D eigenvalue weighted by molar-refractivity contribution is 5.40. The first kappa shape index (κ1) is 14.9. The first-order chi connectivity index (χ1) is 11.3. The summed E-state index contributed by atoms with van der Waals surface area (Å²) in [5.74, 6) is 1.15. The summed E-state index contributed by atoms with van der Waals surface area (Å²) in [6.07, 6.45) is 3.38. The Morgan fingerprint density at radius 1 is 1.04 bits per heavy atom. The van der Waals surface area contributed by atoms with Crippen LogP contribution in [0.4, 0.5) is 11.8 Å². The Morgan fingerprint density at radius 2 is 1.87 bits per heavy atom. The second kappa shape index (κ2) is 7.31. The number of pyridine rings is 1. The number of nitrogens with zero attached hydrogens (tertiary/aromatic N) is 4. The van der Waals surface area contributed by atoms with Crippen molar-refractivity contribution in [3.05, 3.63) is 72.2 Å². The number of benzene rings is 1. The molecular weight excluding hydrogens is 288 g/mol. The average Bonchev–Trinajstić information content (AvgIpc) is 2.62. The van der Waals surface area contributed by atoms with Crippen LogP contribution in [0.25, 0.3) is 0 Å². The van der Waals surface area contributed by atoms with Gasteiger partial charge in [0.1, 0.15) is 0 Å². The van der Waals surface area contributed by atoms with Crippen LogP contribution in [0.15, 0.2) is 60.9 Å². The van der Waals surface area contributed by atoms with E-state index in [1.54, 1.807) is 12.4 Å². The van der Waals surface area contributed by atoms with E-state index >= 15 is 0 Å². The largest absolute Gasteiger partial charge is 0.362 e. The summed E-state index contributed by atoms with van der Waals surface area (Å²) in [5, 5.41) is 14.4. The molecule has 0 spiro atoms. The molecule has 0 saturated heterocycles. The molecule has 2 heterocycles. The Morgan fingerprint density at radius 3 is 2.65 bits per heavy atom. The quantitative estimate of drug-likeness (QED) is 0.729. The number of nitrogens with one attached hydrogen (secondary N) is 2. The van der Waals surface area contributed by atoms with Crippen molar-refractivity contribution in [1.82, 2.24) is 20.2 Å². The molecule has 3 rings (SSSR count). The van der Waals surface area contributed by atoms with E-state index in [0.29, 0.717) is 18.3 Å². The summed E-state index contributed by atoms with van der Waals surface area (Å²) in [7, 11) is 0. The highest BCUT2D eigenvalue weighted by atomic mass is 15.3. The van der Waals surface area contributed by atoms with Crippen LogP contribution in [0, 0.1) is 0 Å². The molecule has 0 amide bonds. The Balaban J connectivity index is 1.63. The molecule has 0 aliphatic carbocycles. The van der Waals surface area contributed by atoms with Crippen molar-refractivity contribution in [3.63, 3.8) is 0 Å². The van der Waals surface area contributed by atoms with E-state index in [2.05, 4.69) is 49.9 Å². The topological polar surface area (TPSA) is 75.6 Å². The smallest absolute Gasteiger partial charge is 0.245 e. The van der Waals surface area contributed by atoms with Gasteiger partial charge in [-0.25, -0.2) is 0 Å². The lowest BCUT2D eigenvalue weighted by molar-refractivity contribution is 0.855. The SMILES string of the molecule is CC(Nc1cnnc(NCc2ccccn2)n1)c1ccccc1.